The average Bonchev–Trinajstić information content (AvgIpc) is 2.07. The summed E-state index contributed by atoms with van der Waals surface area (Å²) in [6.45, 7) is 2.06. The lowest BCUT2D eigenvalue weighted by Gasteiger charge is -2.23. The maximum absolute atomic E-state index is 5.70. The zero-order valence-corrected chi connectivity index (χ0v) is 9.64. The molecule has 0 radical (unpaired) electrons. The minimum atomic E-state index is 0.0330. The summed E-state index contributed by atoms with van der Waals surface area (Å²) >= 11 is 5.04. The lowest BCUT2D eigenvalue weighted by atomic mass is 10.0. The molecule has 1 unspecified atom stereocenters. The van der Waals surface area contributed by atoms with E-state index in [9.17, 15) is 0 Å². The number of rotatable bonds is 3. The molecule has 2 N–H and O–H groups in total. The Kier molecular flexibility index (Phi) is 3.61. The maximum Gasteiger partial charge on any atom is 0.0948 e. The summed E-state index contributed by atoms with van der Waals surface area (Å²) in [5, 5.41) is 0. The molecule has 0 amide bonds. The molecule has 0 aromatic heterocycles. The number of likely N-dealkylation sites (N-methyl/N-ethyl adjacent to an activating group) is 1. The van der Waals surface area contributed by atoms with E-state index in [0.717, 1.165) is 5.56 Å². The first kappa shape index (κ1) is 11.1. The molecule has 0 aliphatic carbocycles. The van der Waals surface area contributed by atoms with E-state index in [1.54, 1.807) is 0 Å². The molecule has 0 saturated heterocycles. The van der Waals surface area contributed by atoms with E-state index < -0.39 is 0 Å². The molecule has 0 aliphatic rings. The van der Waals surface area contributed by atoms with Crippen LogP contribution < -0.4 is 5.73 Å². The molecule has 3 heteroatoms. The van der Waals surface area contributed by atoms with Crippen molar-refractivity contribution >= 4 is 17.2 Å². The van der Waals surface area contributed by atoms with E-state index in [2.05, 4.69) is 31.2 Å². The second kappa shape index (κ2) is 4.53. The first-order valence-electron chi connectivity index (χ1n) is 4.54. The van der Waals surface area contributed by atoms with Crippen LogP contribution in [0, 0.1) is 6.92 Å². The summed E-state index contributed by atoms with van der Waals surface area (Å²) in [4.78, 5) is 2.53. The predicted molar refractivity (Wildman–Crippen MR) is 64.4 cm³/mol. The Morgan fingerprint density at radius 1 is 1.29 bits per heavy atom. The van der Waals surface area contributed by atoms with E-state index in [0.29, 0.717) is 4.99 Å². The fraction of sp³-hybridized carbons (Fsp3) is 0.364. The molecule has 1 atom stereocenters. The highest BCUT2D eigenvalue weighted by Crippen LogP contribution is 2.18. The van der Waals surface area contributed by atoms with Gasteiger partial charge in [0.05, 0.1) is 11.0 Å². The van der Waals surface area contributed by atoms with Gasteiger partial charge in [-0.05, 0) is 26.6 Å². The van der Waals surface area contributed by atoms with Crippen molar-refractivity contribution < 1.29 is 0 Å². The van der Waals surface area contributed by atoms with E-state index in [-0.39, 0.29) is 6.04 Å². The van der Waals surface area contributed by atoms with Gasteiger partial charge in [-0.25, -0.2) is 0 Å². The second-order valence-electron chi connectivity index (χ2n) is 3.68. The van der Waals surface area contributed by atoms with Crippen LogP contribution in [0.1, 0.15) is 17.2 Å². The van der Waals surface area contributed by atoms with Crippen LogP contribution in [-0.4, -0.2) is 24.0 Å². The van der Waals surface area contributed by atoms with Gasteiger partial charge in [0.2, 0.25) is 0 Å². The Labute approximate surface area is 90.7 Å². The number of hydrogen-bond donors (Lipinski definition) is 1. The number of nitrogens with two attached hydrogens (primary N) is 1. The third kappa shape index (κ3) is 2.53. The van der Waals surface area contributed by atoms with Gasteiger partial charge in [0, 0.05) is 0 Å². The van der Waals surface area contributed by atoms with Gasteiger partial charge in [0.25, 0.3) is 0 Å². The fourth-order valence-corrected chi connectivity index (χ4v) is 1.81. The largest absolute Gasteiger partial charge is 0.392 e. The molecule has 1 rings (SSSR count). The number of hydrogen-bond acceptors (Lipinski definition) is 2. The van der Waals surface area contributed by atoms with Crippen molar-refractivity contribution in [2.45, 2.75) is 13.0 Å². The monoisotopic (exact) mass is 208 g/mol. The van der Waals surface area contributed by atoms with Gasteiger partial charge in [-0.2, -0.15) is 0 Å². The molecular weight excluding hydrogens is 192 g/mol. The van der Waals surface area contributed by atoms with Gasteiger partial charge in [0.15, 0.2) is 0 Å². The molecule has 0 bridgehead atoms. The lowest BCUT2D eigenvalue weighted by molar-refractivity contribution is 0.371. The van der Waals surface area contributed by atoms with Crippen molar-refractivity contribution in [3.05, 3.63) is 35.4 Å². The third-order valence-corrected chi connectivity index (χ3v) is 2.40. The standard InChI is InChI=1S/C11H16N2S/c1-8-4-6-9(7-5-8)10(11(12)14)13(2)3/h4-7,10H,1-3H3,(H2,12,14). The summed E-state index contributed by atoms with van der Waals surface area (Å²) in [7, 11) is 3.95. The van der Waals surface area contributed by atoms with Gasteiger partial charge < -0.3 is 5.73 Å². The quantitative estimate of drug-likeness (QED) is 0.769. The minimum absolute atomic E-state index is 0.0330. The number of aryl methyl sites for hydroxylation is 1. The van der Waals surface area contributed by atoms with Gasteiger partial charge in [-0.3, -0.25) is 4.90 Å². The molecule has 1 aromatic rings. The maximum atomic E-state index is 5.70. The van der Waals surface area contributed by atoms with Crippen molar-refractivity contribution in [1.29, 1.82) is 0 Å². The first-order valence-corrected chi connectivity index (χ1v) is 4.95. The Balaban J connectivity index is 3.00. The molecule has 0 heterocycles. The molecular formula is C11H16N2S. The van der Waals surface area contributed by atoms with Crippen LogP contribution in [0.4, 0.5) is 0 Å². The molecule has 2 nitrogen and oxygen atoms in total. The van der Waals surface area contributed by atoms with Gasteiger partial charge in [-0.15, -0.1) is 0 Å². The van der Waals surface area contributed by atoms with Crippen LogP contribution in [0.15, 0.2) is 24.3 Å². The second-order valence-corrected chi connectivity index (χ2v) is 4.15. The van der Waals surface area contributed by atoms with Crippen molar-refractivity contribution in [3.63, 3.8) is 0 Å². The molecule has 14 heavy (non-hydrogen) atoms. The smallest absolute Gasteiger partial charge is 0.0948 e. The van der Waals surface area contributed by atoms with E-state index in [4.69, 9.17) is 18.0 Å². The van der Waals surface area contributed by atoms with E-state index in [1.807, 2.05) is 19.0 Å². The van der Waals surface area contributed by atoms with Crippen molar-refractivity contribution in [1.82, 2.24) is 4.90 Å². The Hall–Kier alpha value is -0.930. The highest BCUT2D eigenvalue weighted by molar-refractivity contribution is 7.80. The molecule has 76 valence electrons. The van der Waals surface area contributed by atoms with Crippen LogP contribution >= 0.6 is 12.2 Å². The first-order chi connectivity index (χ1) is 6.52. The Bertz CT molecular complexity index is 317. The topological polar surface area (TPSA) is 29.3 Å². The molecule has 1 aromatic carbocycles. The molecule has 0 aliphatic heterocycles. The zero-order valence-electron chi connectivity index (χ0n) is 8.82. The highest BCUT2D eigenvalue weighted by atomic mass is 32.1. The molecule has 0 saturated carbocycles. The van der Waals surface area contributed by atoms with Crippen LogP contribution in [0.2, 0.25) is 0 Å². The van der Waals surface area contributed by atoms with Crippen LogP contribution in [0.5, 0.6) is 0 Å². The lowest BCUT2D eigenvalue weighted by Crippen LogP contribution is -2.31. The predicted octanol–water partition coefficient (Wildman–Crippen LogP) is 1.88. The minimum Gasteiger partial charge on any atom is -0.392 e. The van der Waals surface area contributed by atoms with Crippen molar-refractivity contribution in [2.75, 3.05) is 14.1 Å². The fourth-order valence-electron chi connectivity index (χ4n) is 1.47. The average molecular weight is 208 g/mol. The zero-order chi connectivity index (χ0) is 10.7. The van der Waals surface area contributed by atoms with Crippen LogP contribution in [0.25, 0.3) is 0 Å². The summed E-state index contributed by atoms with van der Waals surface area (Å²) in [5.74, 6) is 0. The van der Waals surface area contributed by atoms with Crippen molar-refractivity contribution in [3.8, 4) is 0 Å². The highest BCUT2D eigenvalue weighted by Gasteiger charge is 2.16. The normalized spacial score (nSPS) is 12.9. The van der Waals surface area contributed by atoms with Gasteiger partial charge in [0.1, 0.15) is 0 Å². The van der Waals surface area contributed by atoms with E-state index >= 15 is 0 Å². The number of nitrogens with zero attached hydrogens (tertiary/aromatic N) is 1. The van der Waals surface area contributed by atoms with Gasteiger partial charge in [-0.1, -0.05) is 42.0 Å². The number of thiocarbonyl (C=S) groups is 1. The Morgan fingerprint density at radius 2 is 1.79 bits per heavy atom. The SMILES string of the molecule is Cc1ccc(C(C(N)=S)N(C)C)cc1. The third-order valence-electron chi connectivity index (χ3n) is 2.18. The summed E-state index contributed by atoms with van der Waals surface area (Å²) in [6.07, 6.45) is 0. The summed E-state index contributed by atoms with van der Waals surface area (Å²) in [5.41, 5.74) is 8.09. The Morgan fingerprint density at radius 3 is 2.14 bits per heavy atom. The van der Waals surface area contributed by atoms with E-state index in [1.165, 1.54) is 5.56 Å². The van der Waals surface area contributed by atoms with Crippen molar-refractivity contribution in [2.24, 2.45) is 5.73 Å². The summed E-state index contributed by atoms with van der Waals surface area (Å²) < 4.78 is 0. The van der Waals surface area contributed by atoms with Crippen LogP contribution in [-0.2, 0) is 0 Å². The summed E-state index contributed by atoms with van der Waals surface area (Å²) in [6, 6.07) is 8.32. The molecule has 0 spiro atoms. The van der Waals surface area contributed by atoms with Gasteiger partial charge >= 0.3 is 0 Å². The number of benzene rings is 1. The molecule has 0 fully saturated rings. The van der Waals surface area contributed by atoms with Crippen LogP contribution in [0.3, 0.4) is 0 Å².